The average molecular weight is 381 g/mol. The van der Waals surface area contributed by atoms with Crippen LogP contribution in [-0.2, 0) is 20.7 Å². The van der Waals surface area contributed by atoms with Gasteiger partial charge in [0.1, 0.15) is 0 Å². The fourth-order valence-electron chi connectivity index (χ4n) is 2.66. The largest absolute Gasteiger partial charge is 0.473 e. The molecule has 1 aromatic carbocycles. The van der Waals surface area contributed by atoms with Crippen LogP contribution in [0, 0.1) is 0 Å². The van der Waals surface area contributed by atoms with Gasteiger partial charge in [-0.2, -0.15) is 0 Å². The number of hydrogen-bond acceptors (Lipinski definition) is 6. The number of hydrogen-bond donors (Lipinski definition) is 3. The molecule has 8 heteroatoms. The third kappa shape index (κ3) is 6.72. The van der Waals surface area contributed by atoms with Crippen molar-refractivity contribution in [3.63, 3.8) is 0 Å². The Labute approximate surface area is 155 Å². The van der Waals surface area contributed by atoms with Crippen LogP contribution < -0.4 is 0 Å². The Morgan fingerprint density at radius 3 is 2.62 bits per heavy atom. The van der Waals surface area contributed by atoms with E-state index in [1.54, 1.807) is 11.3 Å². The van der Waals surface area contributed by atoms with Crippen molar-refractivity contribution in [1.82, 2.24) is 4.90 Å². The number of likely N-dealkylation sites (tertiary alicyclic amines) is 1. The van der Waals surface area contributed by atoms with Crippen LogP contribution in [0.1, 0.15) is 12.0 Å². The van der Waals surface area contributed by atoms with Gasteiger partial charge in [-0.05, 0) is 41.3 Å². The van der Waals surface area contributed by atoms with Crippen molar-refractivity contribution in [2.24, 2.45) is 0 Å². The molecule has 142 valence electrons. The van der Waals surface area contributed by atoms with E-state index in [-0.39, 0.29) is 6.10 Å². The highest BCUT2D eigenvalue weighted by atomic mass is 32.1. The van der Waals surface area contributed by atoms with Crippen molar-refractivity contribution in [2.75, 3.05) is 32.8 Å². The Bertz CT molecular complexity index is 719. The van der Waals surface area contributed by atoms with E-state index in [0.717, 1.165) is 45.7 Å². The Morgan fingerprint density at radius 2 is 1.96 bits per heavy atom. The van der Waals surface area contributed by atoms with Crippen LogP contribution in [0.3, 0.4) is 0 Å². The van der Waals surface area contributed by atoms with Crippen LogP contribution in [0.2, 0.25) is 0 Å². The van der Waals surface area contributed by atoms with E-state index in [1.165, 1.54) is 15.6 Å². The zero-order valence-electron chi connectivity index (χ0n) is 14.3. The van der Waals surface area contributed by atoms with Crippen molar-refractivity contribution < 1.29 is 29.6 Å². The molecule has 1 atom stereocenters. The number of fused-ring (bicyclic) bond motifs is 1. The second-order valence-corrected chi connectivity index (χ2v) is 6.96. The van der Waals surface area contributed by atoms with Gasteiger partial charge in [-0.15, -0.1) is 11.3 Å². The molecule has 0 saturated carbocycles. The van der Waals surface area contributed by atoms with Gasteiger partial charge in [0, 0.05) is 24.3 Å². The maximum atomic E-state index is 9.44. The van der Waals surface area contributed by atoms with E-state index >= 15 is 0 Å². The number of carboxylic acids is 2. The third-order valence-corrected chi connectivity index (χ3v) is 4.92. The maximum absolute atomic E-state index is 9.44. The SMILES string of the molecule is O=C(O)C(=O)O.O[C@H]1CCN(CCOCCc2ccc3ccsc3c2)C1. The summed E-state index contributed by atoms with van der Waals surface area (Å²) in [5, 5.41) is 27.7. The van der Waals surface area contributed by atoms with Crippen LogP contribution in [0.5, 0.6) is 0 Å². The molecular weight excluding hydrogens is 358 g/mol. The first-order valence-corrected chi connectivity index (χ1v) is 9.24. The van der Waals surface area contributed by atoms with Gasteiger partial charge in [0.05, 0.1) is 19.3 Å². The summed E-state index contributed by atoms with van der Waals surface area (Å²) >= 11 is 1.79. The van der Waals surface area contributed by atoms with Gasteiger partial charge >= 0.3 is 11.9 Å². The summed E-state index contributed by atoms with van der Waals surface area (Å²) in [5.41, 5.74) is 1.34. The smallest absolute Gasteiger partial charge is 0.414 e. The molecule has 0 aliphatic carbocycles. The van der Waals surface area contributed by atoms with E-state index < -0.39 is 11.9 Å². The summed E-state index contributed by atoms with van der Waals surface area (Å²) in [6, 6.07) is 8.80. The molecule has 0 bridgehead atoms. The zero-order valence-corrected chi connectivity index (χ0v) is 15.2. The predicted octanol–water partition coefficient (Wildman–Crippen LogP) is 1.68. The van der Waals surface area contributed by atoms with Crippen molar-refractivity contribution in [2.45, 2.75) is 18.9 Å². The quantitative estimate of drug-likeness (QED) is 0.516. The second-order valence-electron chi connectivity index (χ2n) is 6.01. The van der Waals surface area contributed by atoms with Crippen molar-refractivity contribution in [3.8, 4) is 0 Å². The third-order valence-electron chi connectivity index (χ3n) is 4.04. The molecule has 1 aromatic heterocycles. The monoisotopic (exact) mass is 381 g/mol. The number of ether oxygens (including phenoxy) is 1. The molecule has 7 nitrogen and oxygen atoms in total. The number of nitrogens with zero attached hydrogens (tertiary/aromatic N) is 1. The van der Waals surface area contributed by atoms with Crippen LogP contribution in [0.4, 0.5) is 0 Å². The first-order valence-electron chi connectivity index (χ1n) is 8.36. The number of carbonyl (C=O) groups is 2. The fourth-order valence-corrected chi connectivity index (χ4v) is 3.51. The van der Waals surface area contributed by atoms with Crippen LogP contribution in [-0.4, -0.2) is 71.1 Å². The highest BCUT2D eigenvalue weighted by Crippen LogP contribution is 2.22. The molecule has 0 radical (unpaired) electrons. The van der Waals surface area contributed by atoms with E-state index in [0.29, 0.717) is 0 Å². The lowest BCUT2D eigenvalue weighted by molar-refractivity contribution is -0.159. The van der Waals surface area contributed by atoms with E-state index in [4.69, 9.17) is 24.5 Å². The molecule has 0 amide bonds. The topological polar surface area (TPSA) is 107 Å². The molecule has 1 saturated heterocycles. The number of aliphatic hydroxyl groups is 1. The number of aliphatic carboxylic acids is 2. The summed E-state index contributed by atoms with van der Waals surface area (Å²) in [5.74, 6) is -3.65. The van der Waals surface area contributed by atoms with Crippen LogP contribution >= 0.6 is 11.3 Å². The summed E-state index contributed by atoms with van der Waals surface area (Å²) in [7, 11) is 0. The Morgan fingerprint density at radius 1 is 1.19 bits per heavy atom. The molecule has 2 heterocycles. The Balaban J connectivity index is 0.000000352. The highest BCUT2D eigenvalue weighted by molar-refractivity contribution is 7.17. The fraction of sp³-hybridized carbons (Fsp3) is 0.444. The van der Waals surface area contributed by atoms with Crippen LogP contribution in [0.25, 0.3) is 10.1 Å². The molecule has 26 heavy (non-hydrogen) atoms. The average Bonchev–Trinajstić information content (AvgIpc) is 3.23. The number of benzene rings is 1. The van der Waals surface area contributed by atoms with Crippen LogP contribution in [0.15, 0.2) is 29.6 Å². The maximum Gasteiger partial charge on any atom is 0.414 e. The van der Waals surface area contributed by atoms with E-state index in [1.807, 2.05) is 0 Å². The lowest BCUT2D eigenvalue weighted by atomic mass is 10.1. The number of carboxylic acid groups (broad SMARTS) is 2. The minimum absolute atomic E-state index is 0.132. The van der Waals surface area contributed by atoms with Gasteiger partial charge in [0.15, 0.2) is 0 Å². The summed E-state index contributed by atoms with van der Waals surface area (Å²) < 4.78 is 7.06. The number of rotatable bonds is 6. The van der Waals surface area contributed by atoms with Crippen molar-refractivity contribution in [1.29, 1.82) is 0 Å². The summed E-state index contributed by atoms with van der Waals surface area (Å²) in [6.45, 7) is 4.26. The van der Waals surface area contributed by atoms with Gasteiger partial charge < -0.3 is 20.1 Å². The molecule has 1 aliphatic rings. The summed E-state index contributed by atoms with van der Waals surface area (Å²) in [4.78, 5) is 20.5. The molecule has 3 rings (SSSR count). The predicted molar refractivity (Wildman–Crippen MR) is 98.7 cm³/mol. The standard InChI is InChI=1S/C16H21NO2S.C2H2O4/c18-15-3-6-17(12-15)7-9-19-8-4-13-1-2-14-5-10-20-16(14)11-13;3-1(4)2(5)6/h1-2,5,10-11,15,18H,3-4,6-9,12H2;(H,3,4)(H,5,6)/t15-;/m0./s1. The van der Waals surface area contributed by atoms with Gasteiger partial charge in [-0.3, -0.25) is 4.90 Å². The molecule has 1 fully saturated rings. The van der Waals surface area contributed by atoms with Gasteiger partial charge in [-0.25, -0.2) is 9.59 Å². The second kappa shape index (κ2) is 10.2. The van der Waals surface area contributed by atoms with Gasteiger partial charge in [0.2, 0.25) is 0 Å². The zero-order chi connectivity index (χ0) is 18.9. The Kier molecular flexibility index (Phi) is 7.99. The molecule has 3 N–H and O–H groups in total. The summed E-state index contributed by atoms with van der Waals surface area (Å²) in [6.07, 6.45) is 1.74. The van der Waals surface area contributed by atoms with Crippen molar-refractivity contribution in [3.05, 3.63) is 35.2 Å². The minimum atomic E-state index is -1.82. The Hall–Kier alpha value is -2.00. The normalized spacial score (nSPS) is 17.0. The van der Waals surface area contributed by atoms with E-state index in [2.05, 4.69) is 34.5 Å². The first-order chi connectivity index (χ1) is 12.5. The lowest BCUT2D eigenvalue weighted by Gasteiger charge is -2.14. The molecule has 2 aromatic rings. The molecule has 0 spiro atoms. The first kappa shape index (κ1) is 20.3. The van der Waals surface area contributed by atoms with Gasteiger partial charge in [0.25, 0.3) is 0 Å². The van der Waals surface area contributed by atoms with Crippen molar-refractivity contribution >= 4 is 33.4 Å². The molecule has 0 unspecified atom stereocenters. The number of aliphatic hydroxyl groups excluding tert-OH is 1. The molecule has 1 aliphatic heterocycles. The van der Waals surface area contributed by atoms with Gasteiger partial charge in [-0.1, -0.05) is 12.1 Å². The number of β-amino-alcohol motifs (C(OH)–C–C–N with tert-alkyl or cyclic N) is 1. The minimum Gasteiger partial charge on any atom is -0.473 e. The number of thiophene rings is 1. The lowest BCUT2D eigenvalue weighted by Crippen LogP contribution is -2.26. The van der Waals surface area contributed by atoms with E-state index in [9.17, 15) is 5.11 Å². The molecular formula is C18H23NO6S. The highest BCUT2D eigenvalue weighted by Gasteiger charge is 2.19.